The molecule has 0 aliphatic heterocycles. The molecule has 1 heterocycles. The lowest BCUT2D eigenvalue weighted by Crippen LogP contribution is -2.01. The molecule has 2 N–H and O–H groups in total. The fourth-order valence-corrected chi connectivity index (χ4v) is 1.42. The number of carbonyl (C=O) groups is 1. The van der Waals surface area contributed by atoms with Crippen molar-refractivity contribution in [2.75, 3.05) is 13.7 Å². The van der Waals surface area contributed by atoms with E-state index in [1.807, 2.05) is 0 Å². The van der Waals surface area contributed by atoms with E-state index in [-0.39, 0.29) is 5.01 Å². The third kappa shape index (κ3) is 1.99. The van der Waals surface area contributed by atoms with Crippen LogP contribution in [0.25, 0.3) is 0 Å². The molecule has 1 aromatic rings. The van der Waals surface area contributed by atoms with Gasteiger partial charge in [0, 0.05) is 6.42 Å². The van der Waals surface area contributed by atoms with Crippen molar-refractivity contribution in [2.24, 2.45) is 5.73 Å². The topological polar surface area (TPSA) is 78.1 Å². The van der Waals surface area contributed by atoms with E-state index in [9.17, 15) is 4.79 Å². The molecule has 0 amide bonds. The van der Waals surface area contributed by atoms with Crippen LogP contribution in [0, 0.1) is 0 Å². The maximum atomic E-state index is 10.9. The third-order valence-electron chi connectivity index (χ3n) is 1.19. The van der Waals surface area contributed by atoms with E-state index in [2.05, 4.69) is 14.9 Å². The first-order valence-electron chi connectivity index (χ1n) is 3.38. The second kappa shape index (κ2) is 4.13. The Morgan fingerprint density at radius 1 is 1.67 bits per heavy atom. The van der Waals surface area contributed by atoms with Crippen LogP contribution in [0.3, 0.4) is 0 Å². The summed E-state index contributed by atoms with van der Waals surface area (Å²) >= 11 is 1.21. The van der Waals surface area contributed by atoms with Gasteiger partial charge < -0.3 is 10.5 Å². The largest absolute Gasteiger partial charge is 0.464 e. The number of nitrogens with two attached hydrogens (primary N) is 1. The van der Waals surface area contributed by atoms with Crippen molar-refractivity contribution in [1.82, 2.24) is 10.2 Å². The number of ether oxygens (including phenoxy) is 1. The standard InChI is InChI=1S/C6H9N3O2S/c1-11-6(10)5-9-8-4(12-5)2-3-7/h2-3,7H2,1H3. The van der Waals surface area contributed by atoms with Crippen LogP contribution in [-0.4, -0.2) is 29.8 Å². The average molecular weight is 187 g/mol. The molecule has 5 nitrogen and oxygen atoms in total. The van der Waals surface area contributed by atoms with Crippen molar-refractivity contribution in [2.45, 2.75) is 6.42 Å². The van der Waals surface area contributed by atoms with Crippen LogP contribution in [0.5, 0.6) is 0 Å². The zero-order valence-corrected chi connectivity index (χ0v) is 7.43. The summed E-state index contributed by atoms with van der Waals surface area (Å²) in [5.74, 6) is -0.448. The van der Waals surface area contributed by atoms with Crippen LogP contribution in [-0.2, 0) is 11.2 Å². The molecule has 0 aromatic carbocycles. The van der Waals surface area contributed by atoms with Gasteiger partial charge >= 0.3 is 5.97 Å². The second-order valence-corrected chi connectivity index (χ2v) is 3.09. The SMILES string of the molecule is COC(=O)c1nnc(CCN)s1. The molecule has 0 aliphatic carbocycles. The molecule has 0 radical (unpaired) electrons. The number of methoxy groups -OCH3 is 1. The van der Waals surface area contributed by atoms with Crippen molar-refractivity contribution in [1.29, 1.82) is 0 Å². The molecule has 0 spiro atoms. The summed E-state index contributed by atoms with van der Waals surface area (Å²) in [6.45, 7) is 0.510. The molecule has 1 rings (SSSR count). The lowest BCUT2D eigenvalue weighted by Gasteiger charge is -1.89. The summed E-state index contributed by atoms with van der Waals surface area (Å²) in [7, 11) is 1.31. The van der Waals surface area contributed by atoms with Gasteiger partial charge in [0.05, 0.1) is 7.11 Å². The lowest BCUT2D eigenvalue weighted by molar-refractivity contribution is 0.0599. The van der Waals surface area contributed by atoms with Crippen LogP contribution < -0.4 is 5.73 Å². The predicted molar refractivity (Wildman–Crippen MR) is 44.0 cm³/mol. The molecule has 1 aromatic heterocycles. The summed E-state index contributed by atoms with van der Waals surface area (Å²) in [6.07, 6.45) is 0.647. The lowest BCUT2D eigenvalue weighted by atomic mass is 10.5. The summed E-state index contributed by atoms with van der Waals surface area (Å²) in [5.41, 5.74) is 5.30. The minimum atomic E-state index is -0.448. The monoisotopic (exact) mass is 187 g/mol. The fourth-order valence-electron chi connectivity index (χ4n) is 0.648. The van der Waals surface area contributed by atoms with Gasteiger partial charge in [-0.15, -0.1) is 10.2 Å². The van der Waals surface area contributed by atoms with Gasteiger partial charge in [-0.05, 0) is 6.54 Å². The minimum absolute atomic E-state index is 0.279. The Balaban J connectivity index is 2.70. The smallest absolute Gasteiger partial charge is 0.369 e. The maximum absolute atomic E-state index is 10.9. The van der Waals surface area contributed by atoms with Gasteiger partial charge in [-0.2, -0.15) is 0 Å². The minimum Gasteiger partial charge on any atom is -0.464 e. The first-order valence-corrected chi connectivity index (χ1v) is 4.20. The summed E-state index contributed by atoms with van der Waals surface area (Å²) in [5, 5.41) is 8.45. The van der Waals surface area contributed by atoms with Crippen molar-refractivity contribution in [3.05, 3.63) is 10.0 Å². The van der Waals surface area contributed by atoms with E-state index in [1.54, 1.807) is 0 Å². The highest BCUT2D eigenvalue weighted by Gasteiger charge is 2.11. The Morgan fingerprint density at radius 2 is 2.42 bits per heavy atom. The molecule has 0 aliphatic rings. The molecule has 0 atom stereocenters. The zero-order valence-electron chi connectivity index (χ0n) is 6.61. The van der Waals surface area contributed by atoms with Gasteiger partial charge in [0.2, 0.25) is 5.01 Å². The van der Waals surface area contributed by atoms with Crippen LogP contribution in [0.15, 0.2) is 0 Å². The highest BCUT2D eigenvalue weighted by Crippen LogP contribution is 2.10. The number of hydrogen-bond donors (Lipinski definition) is 1. The van der Waals surface area contributed by atoms with Crippen molar-refractivity contribution in [3.63, 3.8) is 0 Å². The molecular weight excluding hydrogens is 178 g/mol. The summed E-state index contributed by atoms with van der Waals surface area (Å²) in [6, 6.07) is 0. The molecule has 6 heteroatoms. The van der Waals surface area contributed by atoms with E-state index in [4.69, 9.17) is 5.73 Å². The van der Waals surface area contributed by atoms with Crippen molar-refractivity contribution >= 4 is 17.3 Å². The Bertz CT molecular complexity index is 274. The maximum Gasteiger partial charge on any atom is 0.369 e. The molecule has 0 unspecified atom stereocenters. The van der Waals surface area contributed by atoms with E-state index in [0.29, 0.717) is 13.0 Å². The van der Waals surface area contributed by atoms with Crippen LogP contribution in [0.2, 0.25) is 0 Å². The number of esters is 1. The van der Waals surface area contributed by atoms with E-state index < -0.39 is 5.97 Å². The predicted octanol–water partition coefficient (Wildman–Crippen LogP) is -0.174. The van der Waals surface area contributed by atoms with Gasteiger partial charge in [0.1, 0.15) is 5.01 Å². The Labute approximate surface area is 73.6 Å². The second-order valence-electron chi connectivity index (χ2n) is 2.03. The number of hydrogen-bond acceptors (Lipinski definition) is 6. The summed E-state index contributed by atoms with van der Waals surface area (Å²) < 4.78 is 4.47. The number of nitrogens with zero attached hydrogens (tertiary/aromatic N) is 2. The van der Waals surface area contributed by atoms with Crippen LogP contribution in [0.1, 0.15) is 14.8 Å². The molecule has 0 saturated heterocycles. The van der Waals surface area contributed by atoms with E-state index >= 15 is 0 Å². The summed E-state index contributed by atoms with van der Waals surface area (Å²) in [4.78, 5) is 10.9. The Hall–Kier alpha value is -1.01. The molecule has 0 bridgehead atoms. The van der Waals surface area contributed by atoms with Crippen LogP contribution >= 0.6 is 11.3 Å². The Morgan fingerprint density at radius 3 is 3.00 bits per heavy atom. The third-order valence-corrected chi connectivity index (χ3v) is 2.15. The van der Waals surface area contributed by atoms with E-state index in [1.165, 1.54) is 18.4 Å². The normalized spacial score (nSPS) is 9.83. The van der Waals surface area contributed by atoms with Crippen molar-refractivity contribution < 1.29 is 9.53 Å². The average Bonchev–Trinajstić information content (AvgIpc) is 2.52. The molecule has 12 heavy (non-hydrogen) atoms. The van der Waals surface area contributed by atoms with Gasteiger partial charge in [-0.25, -0.2) is 4.79 Å². The highest BCUT2D eigenvalue weighted by molar-refractivity contribution is 7.13. The molecular formula is C6H9N3O2S. The van der Waals surface area contributed by atoms with Gasteiger partial charge in [-0.3, -0.25) is 0 Å². The van der Waals surface area contributed by atoms with Gasteiger partial charge in [0.15, 0.2) is 0 Å². The first-order chi connectivity index (χ1) is 5.77. The molecule has 66 valence electrons. The first kappa shape index (κ1) is 9.08. The zero-order chi connectivity index (χ0) is 8.97. The number of aromatic nitrogens is 2. The molecule has 0 fully saturated rings. The Kier molecular flexibility index (Phi) is 3.12. The van der Waals surface area contributed by atoms with E-state index in [0.717, 1.165) is 5.01 Å². The van der Waals surface area contributed by atoms with Gasteiger partial charge in [0.25, 0.3) is 0 Å². The van der Waals surface area contributed by atoms with Gasteiger partial charge in [-0.1, -0.05) is 11.3 Å². The molecule has 0 saturated carbocycles. The highest BCUT2D eigenvalue weighted by atomic mass is 32.1. The quantitative estimate of drug-likeness (QED) is 0.664. The number of carbonyl (C=O) groups excluding carboxylic acids is 1. The van der Waals surface area contributed by atoms with Crippen LogP contribution in [0.4, 0.5) is 0 Å². The number of rotatable bonds is 3. The fraction of sp³-hybridized carbons (Fsp3) is 0.500. The van der Waals surface area contributed by atoms with Crippen molar-refractivity contribution in [3.8, 4) is 0 Å².